The van der Waals surface area contributed by atoms with Crippen LogP contribution in [0.25, 0.3) is 0 Å². The smallest absolute Gasteiger partial charge is 0.385 e. The Labute approximate surface area is 213 Å². The molecule has 0 aliphatic heterocycles. The van der Waals surface area contributed by atoms with Crippen molar-refractivity contribution in [3.05, 3.63) is 70.8 Å². The third kappa shape index (κ3) is 7.40. The number of alkyl halides is 3. The molecule has 10 heteroatoms. The molecule has 1 saturated carbocycles. The number of amides is 2. The Morgan fingerprint density at radius 3 is 2.43 bits per heavy atom. The number of benzene rings is 2. The molecule has 196 valence electrons. The highest BCUT2D eigenvalue weighted by atomic mass is 19.4. The van der Waals surface area contributed by atoms with E-state index in [0.29, 0.717) is 43.4 Å². The van der Waals surface area contributed by atoms with E-state index >= 15 is 0 Å². The molecule has 0 bridgehead atoms. The van der Waals surface area contributed by atoms with Crippen LogP contribution in [0.3, 0.4) is 0 Å². The molecule has 0 radical (unpaired) electrons. The molecule has 2 amide bonds. The fourth-order valence-electron chi connectivity index (χ4n) is 4.56. The molecule has 0 saturated heterocycles. The predicted octanol–water partition coefficient (Wildman–Crippen LogP) is 4.30. The second kappa shape index (κ2) is 11.6. The molecule has 0 unspecified atom stereocenters. The number of nitriles is 1. The Bertz CT molecular complexity index is 1180. The lowest BCUT2D eigenvalue weighted by Crippen LogP contribution is -2.42. The van der Waals surface area contributed by atoms with Crippen molar-refractivity contribution in [1.82, 2.24) is 10.6 Å². The topological polar surface area (TPSA) is 126 Å². The molecule has 4 N–H and O–H groups in total. The van der Waals surface area contributed by atoms with Crippen molar-refractivity contribution in [1.29, 1.82) is 10.7 Å². The van der Waals surface area contributed by atoms with Gasteiger partial charge in [0.25, 0.3) is 5.91 Å². The van der Waals surface area contributed by atoms with E-state index in [-0.39, 0.29) is 17.5 Å². The summed E-state index contributed by atoms with van der Waals surface area (Å²) in [7, 11) is 0. The van der Waals surface area contributed by atoms with E-state index in [1.54, 1.807) is 31.2 Å². The van der Waals surface area contributed by atoms with Gasteiger partial charge in [0, 0.05) is 23.7 Å². The quantitative estimate of drug-likeness (QED) is 0.392. The van der Waals surface area contributed by atoms with Crippen LogP contribution in [0.1, 0.15) is 66.1 Å². The molecule has 3 rings (SSSR count). The highest BCUT2D eigenvalue weighted by Gasteiger charge is 2.36. The van der Waals surface area contributed by atoms with Crippen LogP contribution in [0.5, 0.6) is 0 Å². The van der Waals surface area contributed by atoms with Gasteiger partial charge < -0.3 is 21.1 Å². The minimum atomic E-state index is -4.58. The molecular formula is C27H29F3N4O3. The number of carbonyl (C=O) groups is 2. The Hall–Kier alpha value is -3.71. The highest BCUT2D eigenvalue weighted by Crippen LogP contribution is 2.40. The van der Waals surface area contributed by atoms with Crippen LogP contribution in [0, 0.1) is 22.7 Å². The summed E-state index contributed by atoms with van der Waals surface area (Å²) < 4.78 is 38.5. The van der Waals surface area contributed by atoms with Gasteiger partial charge in [-0.3, -0.25) is 9.59 Å². The zero-order valence-corrected chi connectivity index (χ0v) is 20.4. The molecule has 37 heavy (non-hydrogen) atoms. The Morgan fingerprint density at radius 1 is 1.19 bits per heavy atom. The molecular weight excluding hydrogens is 485 g/mol. The minimum absolute atomic E-state index is 0.0291. The van der Waals surface area contributed by atoms with Crippen LogP contribution in [-0.2, 0) is 16.6 Å². The van der Waals surface area contributed by atoms with Crippen molar-refractivity contribution in [2.24, 2.45) is 5.92 Å². The molecule has 1 fully saturated rings. The highest BCUT2D eigenvalue weighted by molar-refractivity contribution is 5.96. The SMILES string of the molecule is C[C@H](CC(=N)C1CCC(O)(c2ccc(C#N)cc2)CC1)NC(=O)CNC(=O)c1cccc(C(F)(F)F)c1. The number of halogens is 3. The zero-order valence-electron chi connectivity index (χ0n) is 20.4. The summed E-state index contributed by atoms with van der Waals surface area (Å²) in [6.07, 6.45) is -2.09. The van der Waals surface area contributed by atoms with Crippen LogP contribution in [0.2, 0.25) is 0 Å². The summed E-state index contributed by atoms with van der Waals surface area (Å²) in [5, 5.41) is 33.5. The van der Waals surface area contributed by atoms with Crippen LogP contribution < -0.4 is 10.6 Å². The lowest BCUT2D eigenvalue weighted by atomic mass is 9.73. The van der Waals surface area contributed by atoms with Crippen molar-refractivity contribution < 1.29 is 27.9 Å². The first-order valence-corrected chi connectivity index (χ1v) is 12.0. The maximum Gasteiger partial charge on any atom is 0.416 e. The molecule has 2 aromatic rings. The normalized spacial score (nSPS) is 20.4. The van der Waals surface area contributed by atoms with Gasteiger partial charge >= 0.3 is 6.18 Å². The number of carbonyl (C=O) groups excluding carboxylic acids is 2. The number of aliphatic hydroxyl groups is 1. The maximum absolute atomic E-state index is 12.8. The van der Waals surface area contributed by atoms with Crippen molar-refractivity contribution in [2.45, 2.75) is 56.8 Å². The second-order valence-corrected chi connectivity index (χ2v) is 9.45. The van der Waals surface area contributed by atoms with Gasteiger partial charge in [-0.25, -0.2) is 0 Å². The van der Waals surface area contributed by atoms with Crippen molar-refractivity contribution >= 4 is 17.5 Å². The van der Waals surface area contributed by atoms with E-state index in [0.717, 1.165) is 23.8 Å². The molecule has 0 aromatic heterocycles. The van der Waals surface area contributed by atoms with Gasteiger partial charge in [0.1, 0.15) is 0 Å². The Kier molecular flexibility index (Phi) is 8.71. The molecule has 1 aliphatic carbocycles. The van der Waals surface area contributed by atoms with Crippen molar-refractivity contribution in [3.63, 3.8) is 0 Å². The van der Waals surface area contributed by atoms with Gasteiger partial charge in [-0.1, -0.05) is 18.2 Å². The van der Waals surface area contributed by atoms with E-state index in [1.165, 1.54) is 6.07 Å². The van der Waals surface area contributed by atoms with E-state index in [1.807, 2.05) is 0 Å². The maximum atomic E-state index is 12.8. The first-order valence-electron chi connectivity index (χ1n) is 12.0. The predicted molar refractivity (Wildman–Crippen MR) is 131 cm³/mol. The molecule has 0 spiro atoms. The fourth-order valence-corrected chi connectivity index (χ4v) is 4.56. The molecule has 7 nitrogen and oxygen atoms in total. The summed E-state index contributed by atoms with van der Waals surface area (Å²) in [6.45, 7) is 1.32. The molecule has 1 atom stereocenters. The first-order chi connectivity index (χ1) is 17.4. The summed E-state index contributed by atoms with van der Waals surface area (Å²) in [5.41, 5.74) is -0.408. The van der Waals surface area contributed by atoms with Gasteiger partial charge in [0.15, 0.2) is 0 Å². The second-order valence-electron chi connectivity index (χ2n) is 9.45. The van der Waals surface area contributed by atoms with E-state index in [2.05, 4.69) is 16.7 Å². The van der Waals surface area contributed by atoms with Gasteiger partial charge in [-0.15, -0.1) is 0 Å². The third-order valence-corrected chi connectivity index (χ3v) is 6.65. The third-order valence-electron chi connectivity index (χ3n) is 6.65. The summed E-state index contributed by atoms with van der Waals surface area (Å²) >= 11 is 0. The van der Waals surface area contributed by atoms with Gasteiger partial charge in [0.2, 0.25) is 5.91 Å². The standard InChI is InChI=1S/C27H29F3N4O3/c1-17(34-24(35)16-33-25(36)20-3-2-4-22(14-20)27(28,29)30)13-23(32)19-9-11-26(37,12-10-19)21-7-5-18(15-31)6-8-21/h2-8,14,17,19,32,37H,9-13,16H2,1H3,(H,33,36)(H,34,35)/t17-,19?,26?/m1/s1. The van der Waals surface area contributed by atoms with Crippen LogP contribution in [0.15, 0.2) is 48.5 Å². The van der Waals surface area contributed by atoms with E-state index < -0.39 is 35.7 Å². The monoisotopic (exact) mass is 514 g/mol. The summed E-state index contributed by atoms with van der Waals surface area (Å²) in [6, 6.07) is 12.5. The zero-order chi connectivity index (χ0) is 27.2. The summed E-state index contributed by atoms with van der Waals surface area (Å²) in [5.74, 6) is -1.34. The van der Waals surface area contributed by atoms with Crippen LogP contribution >= 0.6 is 0 Å². The molecule has 1 aliphatic rings. The summed E-state index contributed by atoms with van der Waals surface area (Å²) in [4.78, 5) is 24.4. The number of hydrogen-bond acceptors (Lipinski definition) is 5. The average Bonchev–Trinajstić information content (AvgIpc) is 2.87. The van der Waals surface area contributed by atoms with Gasteiger partial charge in [-0.05, 0) is 74.4 Å². The Balaban J connectivity index is 1.43. The van der Waals surface area contributed by atoms with Crippen molar-refractivity contribution in [2.75, 3.05) is 6.54 Å². The average molecular weight is 515 g/mol. The molecule has 2 aromatic carbocycles. The minimum Gasteiger partial charge on any atom is -0.385 e. The first kappa shape index (κ1) is 27.9. The van der Waals surface area contributed by atoms with E-state index in [9.17, 15) is 27.9 Å². The number of hydrogen-bond donors (Lipinski definition) is 4. The number of rotatable bonds is 8. The number of nitrogens with zero attached hydrogens (tertiary/aromatic N) is 1. The number of nitrogens with one attached hydrogen (secondary N) is 3. The lowest BCUT2D eigenvalue weighted by Gasteiger charge is -2.37. The van der Waals surface area contributed by atoms with Crippen molar-refractivity contribution in [3.8, 4) is 6.07 Å². The largest absolute Gasteiger partial charge is 0.416 e. The van der Waals surface area contributed by atoms with Gasteiger partial charge in [0.05, 0.1) is 29.3 Å². The Morgan fingerprint density at radius 2 is 1.84 bits per heavy atom. The fraction of sp³-hybridized carbons (Fsp3) is 0.407. The lowest BCUT2D eigenvalue weighted by molar-refractivity contribution is -0.137. The van der Waals surface area contributed by atoms with Crippen LogP contribution in [-0.4, -0.2) is 35.2 Å². The van der Waals surface area contributed by atoms with Gasteiger partial charge in [-0.2, -0.15) is 18.4 Å². The van der Waals surface area contributed by atoms with E-state index in [4.69, 9.17) is 10.7 Å². The molecule has 0 heterocycles. The van der Waals surface area contributed by atoms with Crippen LogP contribution in [0.4, 0.5) is 13.2 Å².